The van der Waals surface area contributed by atoms with Crippen molar-refractivity contribution < 1.29 is 14.7 Å². The molecule has 0 saturated carbocycles. The zero-order valence-electron chi connectivity index (χ0n) is 13.6. The summed E-state index contributed by atoms with van der Waals surface area (Å²) in [6.07, 6.45) is 2.46. The van der Waals surface area contributed by atoms with Gasteiger partial charge in [-0.3, -0.25) is 4.79 Å². The molecular formula is C18H25NO3. The van der Waals surface area contributed by atoms with Gasteiger partial charge in [-0.1, -0.05) is 51.5 Å². The third-order valence-corrected chi connectivity index (χ3v) is 4.52. The van der Waals surface area contributed by atoms with Gasteiger partial charge in [0.1, 0.15) is 0 Å². The van der Waals surface area contributed by atoms with Gasteiger partial charge in [0.15, 0.2) is 6.04 Å². The van der Waals surface area contributed by atoms with Gasteiger partial charge in [-0.05, 0) is 29.9 Å². The number of carboxylic acids is 1. The van der Waals surface area contributed by atoms with Crippen molar-refractivity contribution in [3.05, 3.63) is 35.4 Å². The Morgan fingerprint density at radius 1 is 1.32 bits per heavy atom. The molecule has 1 aromatic rings. The lowest BCUT2D eigenvalue weighted by Gasteiger charge is -2.37. The normalized spacial score (nSPS) is 18.9. The van der Waals surface area contributed by atoms with Crippen molar-refractivity contribution in [2.24, 2.45) is 11.8 Å². The van der Waals surface area contributed by atoms with Crippen LogP contribution in [0, 0.1) is 11.8 Å². The van der Waals surface area contributed by atoms with Crippen LogP contribution in [0.2, 0.25) is 0 Å². The maximum atomic E-state index is 12.9. The fourth-order valence-corrected chi connectivity index (χ4v) is 3.34. The Kier molecular flexibility index (Phi) is 5.22. The second kappa shape index (κ2) is 6.95. The van der Waals surface area contributed by atoms with E-state index in [-0.39, 0.29) is 17.7 Å². The van der Waals surface area contributed by atoms with Crippen LogP contribution < -0.4 is 0 Å². The van der Waals surface area contributed by atoms with E-state index in [0.29, 0.717) is 6.54 Å². The number of nitrogens with zero attached hydrogens (tertiary/aromatic N) is 1. The molecule has 0 aliphatic carbocycles. The molecule has 4 nitrogen and oxygen atoms in total. The van der Waals surface area contributed by atoms with E-state index in [2.05, 4.69) is 6.92 Å². The van der Waals surface area contributed by atoms with Crippen LogP contribution in [0.5, 0.6) is 0 Å². The topological polar surface area (TPSA) is 57.6 Å². The van der Waals surface area contributed by atoms with Crippen LogP contribution >= 0.6 is 0 Å². The Labute approximate surface area is 132 Å². The minimum Gasteiger partial charge on any atom is -0.479 e. The lowest BCUT2D eigenvalue weighted by molar-refractivity contribution is -0.154. The van der Waals surface area contributed by atoms with Gasteiger partial charge < -0.3 is 10.0 Å². The SMILES string of the molecule is CCCC(C(=O)N1CCc2ccccc2C1C(=O)O)C(C)C. The van der Waals surface area contributed by atoms with Crippen molar-refractivity contribution in [2.75, 3.05) is 6.54 Å². The molecule has 0 fully saturated rings. The van der Waals surface area contributed by atoms with Crippen LogP contribution in [0.15, 0.2) is 24.3 Å². The van der Waals surface area contributed by atoms with Crippen LogP contribution in [0.3, 0.4) is 0 Å². The van der Waals surface area contributed by atoms with Gasteiger partial charge in [-0.2, -0.15) is 0 Å². The molecule has 4 heteroatoms. The summed E-state index contributed by atoms with van der Waals surface area (Å²) in [6, 6.07) is 6.70. The molecule has 1 amide bonds. The fraction of sp³-hybridized carbons (Fsp3) is 0.556. The molecule has 22 heavy (non-hydrogen) atoms. The summed E-state index contributed by atoms with van der Waals surface area (Å²) in [5, 5.41) is 9.66. The summed E-state index contributed by atoms with van der Waals surface area (Å²) in [6.45, 7) is 6.61. The number of fused-ring (bicyclic) bond motifs is 1. The molecule has 1 heterocycles. The summed E-state index contributed by atoms with van der Waals surface area (Å²) < 4.78 is 0. The van der Waals surface area contributed by atoms with Crippen LogP contribution in [-0.2, 0) is 16.0 Å². The first kappa shape index (κ1) is 16.5. The zero-order chi connectivity index (χ0) is 16.3. The molecule has 2 unspecified atom stereocenters. The highest BCUT2D eigenvalue weighted by molar-refractivity contribution is 5.87. The predicted molar refractivity (Wildman–Crippen MR) is 85.5 cm³/mol. The van der Waals surface area contributed by atoms with Gasteiger partial charge in [0.25, 0.3) is 0 Å². The van der Waals surface area contributed by atoms with Crippen LogP contribution in [0.1, 0.15) is 50.8 Å². The highest BCUT2D eigenvalue weighted by Crippen LogP contribution is 2.33. The average Bonchev–Trinajstić information content (AvgIpc) is 2.50. The van der Waals surface area contributed by atoms with Crippen molar-refractivity contribution in [2.45, 2.75) is 46.1 Å². The van der Waals surface area contributed by atoms with Crippen LogP contribution in [0.25, 0.3) is 0 Å². The van der Waals surface area contributed by atoms with E-state index in [9.17, 15) is 14.7 Å². The maximum absolute atomic E-state index is 12.9. The number of rotatable bonds is 5. The molecule has 0 radical (unpaired) electrons. The van der Waals surface area contributed by atoms with Crippen LogP contribution in [0.4, 0.5) is 0 Å². The zero-order valence-corrected chi connectivity index (χ0v) is 13.6. The summed E-state index contributed by atoms with van der Waals surface area (Å²) in [7, 11) is 0. The van der Waals surface area contributed by atoms with Crippen molar-refractivity contribution in [3.63, 3.8) is 0 Å². The quantitative estimate of drug-likeness (QED) is 0.908. The van der Waals surface area contributed by atoms with E-state index >= 15 is 0 Å². The summed E-state index contributed by atoms with van der Waals surface area (Å²) in [5.74, 6) is -0.838. The minimum absolute atomic E-state index is 0.0150. The Morgan fingerprint density at radius 3 is 2.59 bits per heavy atom. The molecule has 0 aromatic heterocycles. The lowest BCUT2D eigenvalue weighted by atomic mass is 9.86. The van der Waals surface area contributed by atoms with Crippen molar-refractivity contribution in [1.29, 1.82) is 0 Å². The van der Waals surface area contributed by atoms with Gasteiger partial charge >= 0.3 is 5.97 Å². The maximum Gasteiger partial charge on any atom is 0.331 e. The van der Waals surface area contributed by atoms with E-state index in [1.807, 2.05) is 38.1 Å². The molecule has 1 N–H and O–H groups in total. The van der Waals surface area contributed by atoms with Crippen LogP contribution in [-0.4, -0.2) is 28.4 Å². The first-order valence-electron chi connectivity index (χ1n) is 8.08. The van der Waals surface area contributed by atoms with Gasteiger partial charge in [-0.25, -0.2) is 4.79 Å². The standard InChI is InChI=1S/C18H25NO3/c1-4-7-14(12(2)3)17(20)19-11-10-13-8-5-6-9-15(13)16(19)18(21)22/h5-6,8-9,12,14,16H,4,7,10-11H2,1-3H3,(H,21,22). The van der Waals surface area contributed by atoms with Gasteiger partial charge in [0, 0.05) is 12.5 Å². The molecule has 1 aromatic carbocycles. The van der Waals surface area contributed by atoms with E-state index in [1.165, 1.54) is 0 Å². The first-order valence-corrected chi connectivity index (χ1v) is 8.08. The molecular weight excluding hydrogens is 278 g/mol. The Morgan fingerprint density at radius 2 is 2.00 bits per heavy atom. The van der Waals surface area contributed by atoms with Gasteiger partial charge in [0.05, 0.1) is 0 Å². The number of carboxylic acid groups (broad SMARTS) is 1. The molecule has 2 atom stereocenters. The van der Waals surface area contributed by atoms with E-state index in [0.717, 1.165) is 30.4 Å². The number of amides is 1. The predicted octanol–water partition coefficient (Wildman–Crippen LogP) is 3.27. The third-order valence-electron chi connectivity index (χ3n) is 4.52. The molecule has 0 bridgehead atoms. The van der Waals surface area contributed by atoms with E-state index in [4.69, 9.17) is 0 Å². The highest BCUT2D eigenvalue weighted by Gasteiger charge is 2.38. The number of carbonyl (C=O) groups excluding carboxylic acids is 1. The third kappa shape index (κ3) is 3.16. The van der Waals surface area contributed by atoms with Crippen molar-refractivity contribution >= 4 is 11.9 Å². The summed E-state index contributed by atoms with van der Waals surface area (Å²) >= 11 is 0. The Balaban J connectivity index is 2.34. The smallest absolute Gasteiger partial charge is 0.331 e. The summed E-state index contributed by atoms with van der Waals surface area (Å²) in [4.78, 5) is 26.3. The fourth-order valence-electron chi connectivity index (χ4n) is 3.34. The highest BCUT2D eigenvalue weighted by atomic mass is 16.4. The number of benzene rings is 1. The molecule has 2 rings (SSSR count). The monoisotopic (exact) mass is 303 g/mol. The first-order chi connectivity index (χ1) is 10.5. The second-order valence-electron chi connectivity index (χ2n) is 6.36. The van der Waals surface area contributed by atoms with Crippen molar-refractivity contribution in [1.82, 2.24) is 4.90 Å². The number of aliphatic carboxylic acids is 1. The van der Waals surface area contributed by atoms with E-state index in [1.54, 1.807) is 4.90 Å². The average molecular weight is 303 g/mol. The van der Waals surface area contributed by atoms with Gasteiger partial charge in [-0.15, -0.1) is 0 Å². The van der Waals surface area contributed by atoms with E-state index < -0.39 is 12.0 Å². The minimum atomic E-state index is -0.945. The molecule has 1 aliphatic rings. The number of carbonyl (C=O) groups is 2. The van der Waals surface area contributed by atoms with Gasteiger partial charge in [0.2, 0.25) is 5.91 Å². The Bertz CT molecular complexity index is 553. The Hall–Kier alpha value is -1.84. The molecule has 120 valence electrons. The molecule has 0 spiro atoms. The largest absolute Gasteiger partial charge is 0.479 e. The lowest BCUT2D eigenvalue weighted by Crippen LogP contribution is -2.47. The number of hydrogen-bond acceptors (Lipinski definition) is 2. The molecule has 0 saturated heterocycles. The molecule has 1 aliphatic heterocycles. The summed E-state index contributed by atoms with van der Waals surface area (Å²) in [5.41, 5.74) is 1.80. The number of hydrogen-bond donors (Lipinski definition) is 1. The second-order valence-corrected chi connectivity index (χ2v) is 6.36. The van der Waals surface area contributed by atoms with Crippen molar-refractivity contribution in [3.8, 4) is 0 Å².